The number of piperidine rings is 1. The molecular formula is C15H15ClN2O. The van der Waals surface area contributed by atoms with Crippen LogP contribution in [0.15, 0.2) is 30.5 Å². The van der Waals surface area contributed by atoms with E-state index in [1.165, 1.54) is 0 Å². The third-order valence-corrected chi connectivity index (χ3v) is 3.93. The molecule has 1 saturated heterocycles. The number of fused-ring (bicyclic) bond motifs is 1. The Balaban J connectivity index is 2.11. The predicted molar refractivity (Wildman–Crippen MR) is 77.8 cm³/mol. The van der Waals surface area contributed by atoms with Gasteiger partial charge in [-0.15, -0.1) is 0 Å². The topological polar surface area (TPSA) is 33.2 Å². The molecule has 98 valence electrons. The van der Waals surface area contributed by atoms with Crippen molar-refractivity contribution >= 4 is 34.5 Å². The van der Waals surface area contributed by atoms with E-state index in [-0.39, 0.29) is 6.04 Å². The van der Waals surface area contributed by atoms with Crippen LogP contribution < -0.4 is 4.90 Å². The highest BCUT2D eigenvalue weighted by molar-refractivity contribution is 6.31. The zero-order valence-electron chi connectivity index (χ0n) is 10.6. The van der Waals surface area contributed by atoms with Crippen LogP contribution in [-0.4, -0.2) is 23.9 Å². The first-order valence-corrected chi connectivity index (χ1v) is 6.93. The molecule has 1 aromatic carbocycles. The van der Waals surface area contributed by atoms with Crippen LogP contribution in [-0.2, 0) is 4.79 Å². The summed E-state index contributed by atoms with van der Waals surface area (Å²) < 4.78 is 0. The molecule has 1 unspecified atom stereocenters. The lowest BCUT2D eigenvalue weighted by Crippen LogP contribution is -2.40. The summed E-state index contributed by atoms with van der Waals surface area (Å²) in [7, 11) is 0. The fraction of sp³-hybridized carbons (Fsp3) is 0.333. The standard InChI is InChI=1S/C15H15ClN2O/c16-11-4-5-13-14(9-11)17-7-6-15(13)18-8-2-1-3-12(18)10-19/h4-7,9-10,12H,1-3,8H2. The highest BCUT2D eigenvalue weighted by Crippen LogP contribution is 2.31. The van der Waals surface area contributed by atoms with Gasteiger partial charge in [0.05, 0.1) is 11.6 Å². The second-order valence-corrected chi connectivity index (χ2v) is 5.32. The molecule has 0 spiro atoms. The minimum atomic E-state index is -0.0185. The number of pyridine rings is 1. The monoisotopic (exact) mass is 274 g/mol. The van der Waals surface area contributed by atoms with E-state index in [2.05, 4.69) is 9.88 Å². The van der Waals surface area contributed by atoms with Crippen molar-refractivity contribution in [1.29, 1.82) is 0 Å². The summed E-state index contributed by atoms with van der Waals surface area (Å²) >= 11 is 6.00. The van der Waals surface area contributed by atoms with Crippen LogP contribution in [0, 0.1) is 0 Å². The van der Waals surface area contributed by atoms with Gasteiger partial charge >= 0.3 is 0 Å². The summed E-state index contributed by atoms with van der Waals surface area (Å²) in [6, 6.07) is 7.68. The SMILES string of the molecule is O=CC1CCCCN1c1ccnc2cc(Cl)ccc12. The summed E-state index contributed by atoms with van der Waals surface area (Å²) in [5, 5.41) is 1.74. The van der Waals surface area contributed by atoms with Gasteiger partial charge in [-0.3, -0.25) is 4.98 Å². The van der Waals surface area contributed by atoms with E-state index >= 15 is 0 Å². The molecule has 0 bridgehead atoms. The lowest BCUT2D eigenvalue weighted by Gasteiger charge is -2.34. The van der Waals surface area contributed by atoms with Crippen molar-refractivity contribution in [1.82, 2.24) is 4.98 Å². The molecule has 1 aromatic heterocycles. The zero-order valence-corrected chi connectivity index (χ0v) is 11.3. The van der Waals surface area contributed by atoms with Crippen LogP contribution in [0.5, 0.6) is 0 Å². The molecule has 3 rings (SSSR count). The van der Waals surface area contributed by atoms with Gasteiger partial charge in [-0.2, -0.15) is 0 Å². The van der Waals surface area contributed by atoms with E-state index in [4.69, 9.17) is 11.6 Å². The van der Waals surface area contributed by atoms with Crippen LogP contribution in [0.4, 0.5) is 5.69 Å². The van der Waals surface area contributed by atoms with Gasteiger partial charge in [-0.25, -0.2) is 0 Å². The molecule has 4 heteroatoms. The molecule has 0 radical (unpaired) electrons. The zero-order chi connectivity index (χ0) is 13.2. The second kappa shape index (κ2) is 5.17. The third-order valence-electron chi connectivity index (χ3n) is 3.70. The number of rotatable bonds is 2. The summed E-state index contributed by atoms with van der Waals surface area (Å²) in [5.74, 6) is 0. The molecule has 0 amide bonds. The van der Waals surface area contributed by atoms with E-state index < -0.39 is 0 Å². The Kier molecular flexibility index (Phi) is 3.38. The second-order valence-electron chi connectivity index (χ2n) is 4.88. The predicted octanol–water partition coefficient (Wildman–Crippen LogP) is 3.45. The van der Waals surface area contributed by atoms with Crippen molar-refractivity contribution in [2.75, 3.05) is 11.4 Å². The maximum Gasteiger partial charge on any atom is 0.142 e. The van der Waals surface area contributed by atoms with Crippen molar-refractivity contribution in [2.24, 2.45) is 0 Å². The van der Waals surface area contributed by atoms with E-state index in [0.29, 0.717) is 5.02 Å². The van der Waals surface area contributed by atoms with E-state index in [1.807, 2.05) is 24.3 Å². The Labute approximate surface area is 117 Å². The van der Waals surface area contributed by atoms with Gasteiger partial charge in [0.1, 0.15) is 6.29 Å². The average molecular weight is 275 g/mol. The highest BCUT2D eigenvalue weighted by atomic mass is 35.5. The lowest BCUT2D eigenvalue weighted by atomic mass is 10.0. The molecule has 1 atom stereocenters. The fourth-order valence-electron chi connectivity index (χ4n) is 2.75. The molecule has 0 saturated carbocycles. The third kappa shape index (κ3) is 2.30. The molecule has 0 aliphatic carbocycles. The highest BCUT2D eigenvalue weighted by Gasteiger charge is 2.23. The van der Waals surface area contributed by atoms with Crippen LogP contribution in [0.3, 0.4) is 0 Å². The molecule has 1 fully saturated rings. The minimum Gasteiger partial charge on any atom is -0.361 e. The number of hydrogen-bond acceptors (Lipinski definition) is 3. The van der Waals surface area contributed by atoms with Gasteiger partial charge in [0.25, 0.3) is 0 Å². The molecule has 2 aromatic rings. The van der Waals surface area contributed by atoms with E-state index in [0.717, 1.165) is 48.7 Å². The Morgan fingerprint density at radius 3 is 3.05 bits per heavy atom. The van der Waals surface area contributed by atoms with Gasteiger partial charge in [0.2, 0.25) is 0 Å². The number of hydrogen-bond donors (Lipinski definition) is 0. The minimum absolute atomic E-state index is 0.0185. The number of aldehydes is 1. The maximum absolute atomic E-state index is 11.3. The van der Waals surface area contributed by atoms with Gasteiger partial charge in [0.15, 0.2) is 0 Å². The molecule has 3 nitrogen and oxygen atoms in total. The van der Waals surface area contributed by atoms with Crippen molar-refractivity contribution in [2.45, 2.75) is 25.3 Å². The Morgan fingerprint density at radius 2 is 2.21 bits per heavy atom. The van der Waals surface area contributed by atoms with Gasteiger partial charge < -0.3 is 9.69 Å². The fourth-order valence-corrected chi connectivity index (χ4v) is 2.92. The average Bonchev–Trinajstić information content (AvgIpc) is 2.46. The number of halogens is 1. The molecule has 0 N–H and O–H groups in total. The maximum atomic E-state index is 11.3. The number of carbonyl (C=O) groups is 1. The van der Waals surface area contributed by atoms with Crippen LogP contribution in [0.2, 0.25) is 5.02 Å². The summed E-state index contributed by atoms with van der Waals surface area (Å²) in [6.07, 6.45) is 6.02. The van der Waals surface area contributed by atoms with Crippen LogP contribution >= 0.6 is 11.6 Å². The smallest absolute Gasteiger partial charge is 0.142 e. The largest absolute Gasteiger partial charge is 0.361 e. The quantitative estimate of drug-likeness (QED) is 0.787. The van der Waals surface area contributed by atoms with Crippen LogP contribution in [0.1, 0.15) is 19.3 Å². The first-order valence-electron chi connectivity index (χ1n) is 6.56. The number of benzene rings is 1. The Hall–Kier alpha value is -1.61. The lowest BCUT2D eigenvalue weighted by molar-refractivity contribution is -0.109. The molecule has 1 aliphatic rings. The normalized spacial score (nSPS) is 19.6. The van der Waals surface area contributed by atoms with Gasteiger partial charge in [0, 0.05) is 28.8 Å². The van der Waals surface area contributed by atoms with Crippen LogP contribution in [0.25, 0.3) is 10.9 Å². The molecule has 1 aliphatic heterocycles. The van der Waals surface area contributed by atoms with Crippen molar-refractivity contribution in [3.8, 4) is 0 Å². The number of aromatic nitrogens is 1. The van der Waals surface area contributed by atoms with Gasteiger partial charge in [-0.1, -0.05) is 11.6 Å². The number of carbonyl (C=O) groups excluding carboxylic acids is 1. The van der Waals surface area contributed by atoms with E-state index in [1.54, 1.807) is 6.20 Å². The van der Waals surface area contributed by atoms with Gasteiger partial charge in [-0.05, 0) is 43.5 Å². The number of anilines is 1. The Bertz CT molecular complexity index is 614. The molecule has 19 heavy (non-hydrogen) atoms. The summed E-state index contributed by atoms with van der Waals surface area (Å²) in [6.45, 7) is 0.922. The molecule has 2 heterocycles. The van der Waals surface area contributed by atoms with Crippen molar-refractivity contribution in [3.63, 3.8) is 0 Å². The first kappa shape index (κ1) is 12.4. The summed E-state index contributed by atoms with van der Waals surface area (Å²) in [5.41, 5.74) is 1.96. The first-order chi connectivity index (χ1) is 9.29. The van der Waals surface area contributed by atoms with Crippen molar-refractivity contribution < 1.29 is 4.79 Å². The summed E-state index contributed by atoms with van der Waals surface area (Å²) in [4.78, 5) is 17.8. The Morgan fingerprint density at radius 1 is 1.32 bits per heavy atom. The van der Waals surface area contributed by atoms with Crippen molar-refractivity contribution in [3.05, 3.63) is 35.5 Å². The number of nitrogens with zero attached hydrogens (tertiary/aromatic N) is 2. The molecular weight excluding hydrogens is 260 g/mol. The van der Waals surface area contributed by atoms with E-state index in [9.17, 15) is 4.79 Å².